The summed E-state index contributed by atoms with van der Waals surface area (Å²) in [6, 6.07) is 5.60. The average molecular weight is 681 g/mol. The number of ether oxygens (including phenoxy) is 2. The summed E-state index contributed by atoms with van der Waals surface area (Å²) in [7, 11) is 0. The van der Waals surface area contributed by atoms with E-state index in [1.54, 1.807) is 12.4 Å². The first-order chi connectivity index (χ1) is 22.7. The van der Waals surface area contributed by atoms with Gasteiger partial charge in [0.15, 0.2) is 17.4 Å². The van der Waals surface area contributed by atoms with Crippen molar-refractivity contribution >= 4 is 0 Å². The fourth-order valence-corrected chi connectivity index (χ4v) is 5.83. The number of nitrogens with zero attached hydrogens (tertiary/aromatic N) is 2. The monoisotopic (exact) mass is 680 g/mol. The minimum absolute atomic E-state index is 0.131. The Balaban J connectivity index is 1.28. The highest BCUT2D eigenvalue weighted by Gasteiger charge is 2.42. The van der Waals surface area contributed by atoms with Gasteiger partial charge in [-0.05, 0) is 98.7 Å². The van der Waals surface area contributed by atoms with Crippen molar-refractivity contribution in [2.24, 2.45) is 5.92 Å². The van der Waals surface area contributed by atoms with Crippen molar-refractivity contribution in [3.05, 3.63) is 107 Å². The van der Waals surface area contributed by atoms with Crippen molar-refractivity contribution in [1.82, 2.24) is 9.97 Å². The number of hydrogen-bond acceptors (Lipinski definition) is 4. The van der Waals surface area contributed by atoms with Crippen LogP contribution in [-0.4, -0.2) is 16.3 Å². The largest absolute Gasteiger partial charge is 0.573 e. The Hall–Kier alpha value is -4.55. The van der Waals surface area contributed by atoms with Crippen molar-refractivity contribution < 1.29 is 49.0 Å². The molecule has 0 spiro atoms. The van der Waals surface area contributed by atoms with E-state index in [-0.39, 0.29) is 23.0 Å². The first-order valence-corrected chi connectivity index (χ1v) is 15.1. The molecule has 3 aromatic carbocycles. The number of benzene rings is 3. The highest BCUT2D eigenvalue weighted by atomic mass is 19.4. The Kier molecular flexibility index (Phi) is 10.4. The number of allylic oxidation sites excluding steroid dienone is 2. The molecule has 0 radical (unpaired) electrons. The van der Waals surface area contributed by atoms with Crippen molar-refractivity contribution in [1.29, 1.82) is 0 Å². The molecular weight excluding hydrogens is 651 g/mol. The van der Waals surface area contributed by atoms with Gasteiger partial charge in [0.05, 0.1) is 0 Å². The molecule has 0 aliphatic heterocycles. The Bertz CT molecular complexity index is 1740. The van der Waals surface area contributed by atoms with E-state index < -0.39 is 58.4 Å². The molecule has 5 rings (SSSR count). The first kappa shape index (κ1) is 34.8. The maximum atomic E-state index is 15.2. The molecule has 1 aliphatic rings. The topological polar surface area (TPSA) is 44.2 Å². The molecular formula is C35H29F9N2O2. The van der Waals surface area contributed by atoms with Gasteiger partial charge in [-0.3, -0.25) is 0 Å². The van der Waals surface area contributed by atoms with E-state index in [1.165, 1.54) is 18.6 Å². The van der Waals surface area contributed by atoms with E-state index in [1.807, 2.05) is 6.92 Å². The highest BCUT2D eigenvalue weighted by Crippen LogP contribution is 2.40. The number of rotatable bonds is 10. The van der Waals surface area contributed by atoms with Crippen LogP contribution >= 0.6 is 0 Å². The summed E-state index contributed by atoms with van der Waals surface area (Å²) in [5, 5.41) is 0. The third kappa shape index (κ3) is 8.29. The molecule has 1 aromatic heterocycles. The molecule has 1 heterocycles. The molecule has 1 fully saturated rings. The Morgan fingerprint density at radius 2 is 1.40 bits per heavy atom. The molecule has 254 valence electrons. The lowest BCUT2D eigenvalue weighted by atomic mass is 9.78. The van der Waals surface area contributed by atoms with Gasteiger partial charge in [-0.15, -0.1) is 13.2 Å². The molecule has 0 atom stereocenters. The summed E-state index contributed by atoms with van der Waals surface area (Å²) < 4.78 is 133. The van der Waals surface area contributed by atoms with E-state index in [4.69, 9.17) is 0 Å². The van der Waals surface area contributed by atoms with Crippen LogP contribution in [0.1, 0.15) is 62.5 Å². The zero-order chi connectivity index (χ0) is 34.6. The summed E-state index contributed by atoms with van der Waals surface area (Å²) in [5.41, 5.74) is -1.32. The predicted octanol–water partition coefficient (Wildman–Crippen LogP) is 11.0. The molecule has 1 aliphatic carbocycles. The van der Waals surface area contributed by atoms with Gasteiger partial charge in [0.1, 0.15) is 28.8 Å². The van der Waals surface area contributed by atoms with Crippen LogP contribution in [0.3, 0.4) is 0 Å². The molecule has 0 saturated heterocycles. The summed E-state index contributed by atoms with van der Waals surface area (Å²) in [6.45, 7) is 2.01. The van der Waals surface area contributed by atoms with Crippen molar-refractivity contribution in [2.75, 3.05) is 0 Å². The third-order valence-electron chi connectivity index (χ3n) is 8.21. The van der Waals surface area contributed by atoms with Gasteiger partial charge in [-0.2, -0.15) is 8.78 Å². The van der Waals surface area contributed by atoms with E-state index >= 15 is 4.39 Å². The van der Waals surface area contributed by atoms with Crippen LogP contribution in [0.25, 0.3) is 22.5 Å². The van der Waals surface area contributed by atoms with Crippen molar-refractivity contribution in [2.45, 2.75) is 63.8 Å². The minimum Gasteiger partial charge on any atom is -0.429 e. The maximum Gasteiger partial charge on any atom is 0.573 e. The summed E-state index contributed by atoms with van der Waals surface area (Å²) in [6.07, 6.45) is 4.23. The Morgan fingerprint density at radius 3 is 1.98 bits per heavy atom. The molecule has 1 saturated carbocycles. The van der Waals surface area contributed by atoms with Crippen molar-refractivity contribution in [3.63, 3.8) is 0 Å². The summed E-state index contributed by atoms with van der Waals surface area (Å²) in [4.78, 5) is 8.78. The zero-order valence-corrected chi connectivity index (χ0v) is 25.4. The smallest absolute Gasteiger partial charge is 0.429 e. The summed E-state index contributed by atoms with van der Waals surface area (Å²) >= 11 is 0. The third-order valence-corrected chi connectivity index (χ3v) is 8.21. The van der Waals surface area contributed by atoms with Crippen LogP contribution in [-0.2, 0) is 6.11 Å². The second-order valence-corrected chi connectivity index (χ2v) is 11.5. The normalized spacial score (nSPS) is 17.1. The predicted molar refractivity (Wildman–Crippen MR) is 159 cm³/mol. The van der Waals surface area contributed by atoms with E-state index in [2.05, 4.69) is 31.6 Å². The van der Waals surface area contributed by atoms with Gasteiger partial charge in [0.2, 0.25) is 0 Å². The number of hydrogen-bond donors (Lipinski definition) is 0. The molecule has 0 amide bonds. The number of alkyl halides is 5. The van der Waals surface area contributed by atoms with Gasteiger partial charge < -0.3 is 9.47 Å². The van der Waals surface area contributed by atoms with Crippen LogP contribution in [0.5, 0.6) is 11.5 Å². The second-order valence-electron chi connectivity index (χ2n) is 11.5. The van der Waals surface area contributed by atoms with Crippen LogP contribution < -0.4 is 9.47 Å². The van der Waals surface area contributed by atoms with Crippen molar-refractivity contribution in [3.8, 4) is 34.0 Å². The molecule has 13 heteroatoms. The van der Waals surface area contributed by atoms with E-state index in [0.29, 0.717) is 36.1 Å². The van der Waals surface area contributed by atoms with Gasteiger partial charge in [-0.1, -0.05) is 24.3 Å². The standard InChI is InChI=1S/C35H29F9N2O2/c1-2-3-4-5-20-6-8-21(9-7-20)24-18-45-33(46-19-24)22-10-12-26(27(36)14-22)23-15-29(38)32(30(39)16-23)34(40,41)47-25-11-13-31(28(37)17-25)48-35(42,43)44/h2-3,10-21H,4-9H2,1H3. The SMILES string of the molecule is CC=CCCC1CCC(c2cnc(-c3ccc(-c4cc(F)c(C(F)(F)Oc5ccc(OC(F)(F)F)c(F)c5)c(F)c4)c(F)c3)nc2)CC1. The lowest BCUT2D eigenvalue weighted by molar-refractivity contribution is -0.275. The summed E-state index contributed by atoms with van der Waals surface area (Å²) in [5.74, 6) is -7.40. The quantitative estimate of drug-likeness (QED) is 0.124. The zero-order valence-electron chi connectivity index (χ0n) is 25.4. The molecule has 4 aromatic rings. The number of halogens is 9. The van der Waals surface area contributed by atoms with Crippen LogP contribution in [0.4, 0.5) is 39.5 Å². The van der Waals surface area contributed by atoms with E-state index in [0.717, 1.165) is 43.7 Å². The van der Waals surface area contributed by atoms with E-state index in [9.17, 15) is 35.1 Å². The average Bonchev–Trinajstić information content (AvgIpc) is 3.01. The molecule has 0 unspecified atom stereocenters. The Morgan fingerprint density at radius 1 is 0.750 bits per heavy atom. The molecule has 48 heavy (non-hydrogen) atoms. The molecule has 4 nitrogen and oxygen atoms in total. The van der Waals surface area contributed by atoms with Gasteiger partial charge in [0, 0.05) is 29.6 Å². The Labute approximate surface area is 270 Å². The lowest BCUT2D eigenvalue weighted by Crippen LogP contribution is -2.25. The van der Waals surface area contributed by atoms with Gasteiger partial charge in [0.25, 0.3) is 0 Å². The van der Waals surface area contributed by atoms with Gasteiger partial charge >= 0.3 is 12.5 Å². The fraction of sp³-hybridized carbons (Fsp3) is 0.314. The molecule has 0 N–H and O–H groups in total. The fourth-order valence-electron chi connectivity index (χ4n) is 5.83. The first-order valence-electron chi connectivity index (χ1n) is 15.1. The highest BCUT2D eigenvalue weighted by molar-refractivity contribution is 5.69. The van der Waals surface area contributed by atoms with Crippen LogP contribution in [0.15, 0.2) is 73.1 Å². The van der Waals surface area contributed by atoms with Crippen LogP contribution in [0, 0.1) is 29.2 Å². The second kappa shape index (κ2) is 14.3. The van der Waals surface area contributed by atoms with Gasteiger partial charge in [-0.25, -0.2) is 27.5 Å². The minimum atomic E-state index is -5.26. The van der Waals surface area contributed by atoms with Crippen LogP contribution in [0.2, 0.25) is 0 Å². The number of aromatic nitrogens is 2. The molecule has 0 bridgehead atoms. The maximum absolute atomic E-state index is 15.2. The lowest BCUT2D eigenvalue weighted by Gasteiger charge is -2.28.